The first-order valence-corrected chi connectivity index (χ1v) is 12.7. The van der Waals surface area contributed by atoms with Crippen molar-refractivity contribution in [3.63, 3.8) is 0 Å². The van der Waals surface area contributed by atoms with Gasteiger partial charge < -0.3 is 15.5 Å². The van der Waals surface area contributed by atoms with Crippen LogP contribution < -0.4 is 15.5 Å². The van der Waals surface area contributed by atoms with Crippen LogP contribution in [-0.2, 0) is 6.54 Å². The Labute approximate surface area is 199 Å². The second-order valence-corrected chi connectivity index (χ2v) is 9.39. The summed E-state index contributed by atoms with van der Waals surface area (Å²) >= 11 is 0. The lowest BCUT2D eigenvalue weighted by molar-refractivity contribution is 0.158. The molecule has 178 valence electrons. The van der Waals surface area contributed by atoms with E-state index in [1.807, 2.05) is 13.2 Å². The number of likely N-dealkylation sites (tertiary alicyclic amines) is 1. The van der Waals surface area contributed by atoms with Gasteiger partial charge in [-0.2, -0.15) is 0 Å². The van der Waals surface area contributed by atoms with Crippen LogP contribution in [-0.4, -0.2) is 55.1 Å². The van der Waals surface area contributed by atoms with Gasteiger partial charge in [-0.05, 0) is 55.9 Å². The first-order valence-electron chi connectivity index (χ1n) is 12.7. The summed E-state index contributed by atoms with van der Waals surface area (Å²) in [4.78, 5) is 14.1. The summed E-state index contributed by atoms with van der Waals surface area (Å²) in [5.41, 5.74) is 2.65. The molecule has 6 nitrogen and oxygen atoms in total. The SMILES string of the molecule is CN=C(NCc1ccnc(N2CCCCCC2)c1)NC1CCN(C(C)c2ccccc2)CC1. The first kappa shape index (κ1) is 23.6. The van der Waals surface area contributed by atoms with Gasteiger partial charge in [-0.25, -0.2) is 4.98 Å². The number of hydrogen-bond donors (Lipinski definition) is 2. The van der Waals surface area contributed by atoms with E-state index in [-0.39, 0.29) is 0 Å². The molecule has 1 aromatic carbocycles. The van der Waals surface area contributed by atoms with Crippen molar-refractivity contribution < 1.29 is 0 Å². The van der Waals surface area contributed by atoms with E-state index in [4.69, 9.17) is 0 Å². The number of hydrogen-bond acceptors (Lipinski definition) is 4. The van der Waals surface area contributed by atoms with E-state index in [1.165, 1.54) is 36.8 Å². The van der Waals surface area contributed by atoms with Gasteiger partial charge in [-0.3, -0.25) is 9.89 Å². The first-order chi connectivity index (χ1) is 16.2. The van der Waals surface area contributed by atoms with Crippen molar-refractivity contribution in [2.45, 2.75) is 64.1 Å². The maximum absolute atomic E-state index is 4.64. The summed E-state index contributed by atoms with van der Waals surface area (Å²) in [6.45, 7) is 7.52. The Hall–Kier alpha value is -2.60. The Bertz CT molecular complexity index is 867. The van der Waals surface area contributed by atoms with Gasteiger partial charge >= 0.3 is 0 Å². The Kier molecular flexibility index (Phi) is 8.59. The van der Waals surface area contributed by atoms with Crippen LogP contribution in [0.25, 0.3) is 0 Å². The van der Waals surface area contributed by atoms with E-state index in [1.54, 1.807) is 0 Å². The minimum absolute atomic E-state index is 0.459. The standard InChI is InChI=1S/C27H40N6/c1-22(24-10-6-5-7-11-24)32-18-13-25(14-19-32)31-27(28-2)30-21-23-12-15-29-26(20-23)33-16-8-3-4-9-17-33/h5-7,10-12,15,20,22,25H,3-4,8-9,13-14,16-19,21H2,1-2H3,(H2,28,30,31). The third-order valence-corrected chi connectivity index (χ3v) is 7.12. The van der Waals surface area contributed by atoms with E-state index >= 15 is 0 Å². The molecule has 0 aliphatic carbocycles. The number of guanidine groups is 1. The zero-order valence-electron chi connectivity index (χ0n) is 20.3. The van der Waals surface area contributed by atoms with E-state index < -0.39 is 0 Å². The number of aliphatic imine (C=N–C) groups is 1. The minimum atomic E-state index is 0.459. The molecule has 0 bridgehead atoms. The number of benzene rings is 1. The van der Waals surface area contributed by atoms with Gasteiger partial charge in [0, 0.05) is 58.1 Å². The van der Waals surface area contributed by atoms with E-state index in [0.717, 1.165) is 57.3 Å². The summed E-state index contributed by atoms with van der Waals surface area (Å²) in [5.74, 6) is 2.00. The highest BCUT2D eigenvalue weighted by Crippen LogP contribution is 2.24. The molecule has 0 spiro atoms. The molecule has 2 N–H and O–H groups in total. The molecule has 3 heterocycles. The lowest BCUT2D eigenvalue weighted by atomic mass is 10.0. The average Bonchev–Trinajstić information content (AvgIpc) is 3.17. The van der Waals surface area contributed by atoms with Crippen LogP contribution in [0.1, 0.15) is 62.6 Å². The maximum Gasteiger partial charge on any atom is 0.191 e. The zero-order valence-corrected chi connectivity index (χ0v) is 20.3. The van der Waals surface area contributed by atoms with Crippen LogP contribution in [0.5, 0.6) is 0 Å². The van der Waals surface area contributed by atoms with Gasteiger partial charge in [-0.15, -0.1) is 0 Å². The van der Waals surface area contributed by atoms with Gasteiger partial charge in [0.2, 0.25) is 0 Å². The predicted octanol–water partition coefficient (Wildman–Crippen LogP) is 4.35. The number of piperidine rings is 1. The van der Waals surface area contributed by atoms with Crippen molar-refractivity contribution in [1.82, 2.24) is 20.5 Å². The monoisotopic (exact) mass is 448 g/mol. The van der Waals surface area contributed by atoms with Crippen molar-refractivity contribution in [2.75, 3.05) is 38.1 Å². The molecular formula is C27H40N6. The molecule has 1 atom stereocenters. The highest BCUT2D eigenvalue weighted by molar-refractivity contribution is 5.80. The summed E-state index contributed by atoms with van der Waals surface area (Å²) < 4.78 is 0. The van der Waals surface area contributed by atoms with Gasteiger partial charge in [0.05, 0.1) is 0 Å². The summed E-state index contributed by atoms with van der Waals surface area (Å²) in [5, 5.41) is 7.16. The van der Waals surface area contributed by atoms with Crippen molar-refractivity contribution in [3.05, 3.63) is 59.8 Å². The van der Waals surface area contributed by atoms with Crippen LogP contribution in [0.2, 0.25) is 0 Å². The maximum atomic E-state index is 4.64. The summed E-state index contributed by atoms with van der Waals surface area (Å²) in [7, 11) is 1.86. The Balaban J connectivity index is 1.25. The molecule has 33 heavy (non-hydrogen) atoms. The minimum Gasteiger partial charge on any atom is -0.357 e. The molecule has 1 unspecified atom stereocenters. The van der Waals surface area contributed by atoms with Crippen molar-refractivity contribution in [3.8, 4) is 0 Å². The van der Waals surface area contributed by atoms with E-state index in [9.17, 15) is 0 Å². The molecule has 2 saturated heterocycles. The smallest absolute Gasteiger partial charge is 0.191 e. The second-order valence-electron chi connectivity index (χ2n) is 9.39. The summed E-state index contributed by atoms with van der Waals surface area (Å²) in [6.07, 6.45) is 9.41. The van der Waals surface area contributed by atoms with Crippen LogP contribution in [0, 0.1) is 0 Å². The molecule has 2 aliphatic rings. The topological polar surface area (TPSA) is 55.8 Å². The lowest BCUT2D eigenvalue weighted by Gasteiger charge is -2.37. The van der Waals surface area contributed by atoms with Gasteiger partial charge in [-0.1, -0.05) is 43.2 Å². The molecular weight excluding hydrogens is 408 g/mol. The highest BCUT2D eigenvalue weighted by atomic mass is 15.2. The quantitative estimate of drug-likeness (QED) is 0.508. The van der Waals surface area contributed by atoms with E-state index in [0.29, 0.717) is 12.1 Å². The molecule has 2 aliphatic heterocycles. The van der Waals surface area contributed by atoms with Crippen LogP contribution in [0.4, 0.5) is 5.82 Å². The van der Waals surface area contributed by atoms with Crippen LogP contribution in [0.15, 0.2) is 53.7 Å². The molecule has 1 aromatic heterocycles. The third kappa shape index (κ3) is 6.70. The number of nitrogens with one attached hydrogen (secondary N) is 2. The number of anilines is 1. The number of pyridine rings is 1. The molecule has 0 saturated carbocycles. The van der Waals surface area contributed by atoms with Gasteiger partial charge in [0.1, 0.15) is 5.82 Å². The fraction of sp³-hybridized carbons (Fsp3) is 0.556. The molecule has 6 heteroatoms. The molecule has 2 aromatic rings. The normalized spacial score (nSPS) is 19.7. The number of rotatable bonds is 6. The average molecular weight is 449 g/mol. The Morgan fingerprint density at radius 3 is 2.45 bits per heavy atom. The Morgan fingerprint density at radius 1 is 1.03 bits per heavy atom. The van der Waals surface area contributed by atoms with Gasteiger partial charge in [0.25, 0.3) is 0 Å². The van der Waals surface area contributed by atoms with Crippen LogP contribution >= 0.6 is 0 Å². The lowest BCUT2D eigenvalue weighted by Crippen LogP contribution is -2.48. The molecule has 0 amide bonds. The molecule has 0 radical (unpaired) electrons. The second kappa shape index (κ2) is 12.0. The zero-order chi connectivity index (χ0) is 22.9. The number of aromatic nitrogens is 1. The fourth-order valence-corrected chi connectivity index (χ4v) is 4.99. The van der Waals surface area contributed by atoms with Crippen molar-refractivity contribution in [1.29, 1.82) is 0 Å². The highest BCUT2D eigenvalue weighted by Gasteiger charge is 2.24. The number of nitrogens with zero attached hydrogens (tertiary/aromatic N) is 4. The summed E-state index contributed by atoms with van der Waals surface area (Å²) in [6, 6.07) is 16.1. The van der Waals surface area contributed by atoms with Crippen molar-refractivity contribution >= 4 is 11.8 Å². The molecule has 4 rings (SSSR count). The van der Waals surface area contributed by atoms with Gasteiger partial charge in [0.15, 0.2) is 5.96 Å². The largest absolute Gasteiger partial charge is 0.357 e. The Morgan fingerprint density at radius 2 is 1.76 bits per heavy atom. The fourth-order valence-electron chi connectivity index (χ4n) is 4.99. The molecule has 2 fully saturated rings. The van der Waals surface area contributed by atoms with Crippen LogP contribution in [0.3, 0.4) is 0 Å². The van der Waals surface area contributed by atoms with Crippen molar-refractivity contribution in [2.24, 2.45) is 4.99 Å². The third-order valence-electron chi connectivity index (χ3n) is 7.12. The predicted molar refractivity (Wildman–Crippen MR) is 138 cm³/mol. The van der Waals surface area contributed by atoms with E-state index in [2.05, 4.69) is 79.8 Å².